The maximum Gasteiger partial charge on any atom is 0.248 e. The Labute approximate surface area is 121 Å². The molecule has 3 N–H and O–H groups in total. The Morgan fingerprint density at radius 2 is 2.00 bits per heavy atom. The fourth-order valence-electron chi connectivity index (χ4n) is 2.06. The third-order valence-corrected chi connectivity index (χ3v) is 3.25. The van der Waals surface area contributed by atoms with Gasteiger partial charge < -0.3 is 11.1 Å². The largest absolute Gasteiger partial charge is 0.366 e. The lowest BCUT2D eigenvalue weighted by molar-refractivity contribution is 0.1000. The predicted octanol–water partition coefficient (Wildman–Crippen LogP) is 2.91. The van der Waals surface area contributed by atoms with Crippen LogP contribution in [0.1, 0.15) is 34.5 Å². The minimum Gasteiger partial charge on any atom is -0.366 e. The molecule has 0 aliphatic carbocycles. The van der Waals surface area contributed by atoms with E-state index < -0.39 is 17.5 Å². The monoisotopic (exact) mass is 290 g/mol. The van der Waals surface area contributed by atoms with Crippen molar-refractivity contribution in [3.63, 3.8) is 0 Å². The normalized spacial score (nSPS) is 12.1. The summed E-state index contributed by atoms with van der Waals surface area (Å²) < 4.78 is 26.8. The molecule has 5 heteroatoms. The van der Waals surface area contributed by atoms with Crippen molar-refractivity contribution in [3.8, 4) is 0 Å². The van der Waals surface area contributed by atoms with Gasteiger partial charge >= 0.3 is 0 Å². The summed E-state index contributed by atoms with van der Waals surface area (Å²) in [5.74, 6) is -1.43. The number of primary amides is 1. The first-order valence-corrected chi connectivity index (χ1v) is 6.54. The molecule has 2 aromatic rings. The highest BCUT2D eigenvalue weighted by Crippen LogP contribution is 2.18. The molecule has 110 valence electrons. The molecule has 0 spiro atoms. The first-order chi connectivity index (χ1) is 9.97. The van der Waals surface area contributed by atoms with Crippen LogP contribution < -0.4 is 11.1 Å². The number of benzene rings is 2. The fraction of sp³-hybridized carbons (Fsp3) is 0.188. The van der Waals surface area contributed by atoms with Gasteiger partial charge in [0.1, 0.15) is 11.6 Å². The molecule has 0 aromatic heterocycles. The molecule has 0 radical (unpaired) electrons. The van der Waals surface area contributed by atoms with Crippen molar-refractivity contribution in [1.82, 2.24) is 5.32 Å². The molecule has 0 aliphatic heterocycles. The standard InChI is InChI=1S/C16H16F2N2O/c1-10(14-8-13(17)5-6-15(14)18)20-9-11-3-2-4-12(7-11)16(19)21/h2-8,10,20H,9H2,1H3,(H2,19,21). The van der Waals surface area contributed by atoms with E-state index in [0.29, 0.717) is 12.1 Å². The molecule has 1 atom stereocenters. The fourth-order valence-corrected chi connectivity index (χ4v) is 2.06. The number of nitrogens with one attached hydrogen (secondary N) is 1. The molecular formula is C16H16F2N2O. The number of hydrogen-bond acceptors (Lipinski definition) is 2. The van der Waals surface area contributed by atoms with Crippen molar-refractivity contribution in [2.24, 2.45) is 5.73 Å². The van der Waals surface area contributed by atoms with Crippen molar-refractivity contribution in [3.05, 3.63) is 70.8 Å². The number of carbonyl (C=O) groups is 1. The molecule has 21 heavy (non-hydrogen) atoms. The smallest absolute Gasteiger partial charge is 0.248 e. The summed E-state index contributed by atoms with van der Waals surface area (Å²) in [4.78, 5) is 11.1. The van der Waals surface area contributed by atoms with E-state index in [2.05, 4.69) is 5.32 Å². The number of halogens is 2. The number of rotatable bonds is 5. The summed E-state index contributed by atoms with van der Waals surface area (Å²) in [6.07, 6.45) is 0. The van der Waals surface area contributed by atoms with Crippen molar-refractivity contribution in [2.45, 2.75) is 19.5 Å². The number of amides is 1. The topological polar surface area (TPSA) is 55.1 Å². The molecule has 1 unspecified atom stereocenters. The lowest BCUT2D eigenvalue weighted by atomic mass is 10.1. The molecule has 0 aliphatic rings. The molecule has 0 saturated heterocycles. The first kappa shape index (κ1) is 15.1. The van der Waals surface area contributed by atoms with Crippen LogP contribution in [0.25, 0.3) is 0 Å². The molecule has 1 amide bonds. The van der Waals surface area contributed by atoms with E-state index in [9.17, 15) is 13.6 Å². The Morgan fingerprint density at radius 1 is 1.24 bits per heavy atom. The van der Waals surface area contributed by atoms with E-state index in [1.165, 1.54) is 6.07 Å². The molecular weight excluding hydrogens is 274 g/mol. The molecule has 3 nitrogen and oxygen atoms in total. The third kappa shape index (κ3) is 3.86. The van der Waals surface area contributed by atoms with Gasteiger partial charge in [0.15, 0.2) is 0 Å². The van der Waals surface area contributed by atoms with Crippen molar-refractivity contribution < 1.29 is 13.6 Å². The second-order valence-corrected chi connectivity index (χ2v) is 4.83. The predicted molar refractivity (Wildman–Crippen MR) is 76.6 cm³/mol. The summed E-state index contributed by atoms with van der Waals surface area (Å²) in [6, 6.07) is 9.85. The van der Waals surface area contributed by atoms with Gasteiger partial charge in [0.2, 0.25) is 5.91 Å². The summed E-state index contributed by atoms with van der Waals surface area (Å²) >= 11 is 0. The zero-order chi connectivity index (χ0) is 15.4. The lowest BCUT2D eigenvalue weighted by Crippen LogP contribution is -2.20. The summed E-state index contributed by atoms with van der Waals surface area (Å²) in [5, 5.41) is 3.09. The Kier molecular flexibility index (Phi) is 4.65. The average molecular weight is 290 g/mol. The third-order valence-electron chi connectivity index (χ3n) is 3.25. The van der Waals surface area contributed by atoms with Gasteiger partial charge in [0, 0.05) is 23.7 Å². The zero-order valence-electron chi connectivity index (χ0n) is 11.6. The van der Waals surface area contributed by atoms with Gasteiger partial charge in [0.05, 0.1) is 0 Å². The van der Waals surface area contributed by atoms with E-state index in [0.717, 1.165) is 17.7 Å². The number of carbonyl (C=O) groups excluding carboxylic acids is 1. The molecule has 2 aromatic carbocycles. The summed E-state index contributed by atoms with van der Waals surface area (Å²) in [5.41, 5.74) is 6.74. The molecule has 0 bridgehead atoms. The molecule has 2 rings (SSSR count). The van der Waals surface area contributed by atoms with Crippen LogP contribution in [-0.2, 0) is 6.54 Å². The Bertz CT molecular complexity index is 658. The van der Waals surface area contributed by atoms with E-state index in [1.807, 2.05) is 6.07 Å². The van der Waals surface area contributed by atoms with Gasteiger partial charge in [0.25, 0.3) is 0 Å². The summed E-state index contributed by atoms with van der Waals surface area (Å²) in [7, 11) is 0. The highest BCUT2D eigenvalue weighted by Gasteiger charge is 2.12. The van der Waals surface area contributed by atoms with Gasteiger partial charge in [-0.3, -0.25) is 4.79 Å². The second-order valence-electron chi connectivity index (χ2n) is 4.83. The van der Waals surface area contributed by atoms with E-state index in [-0.39, 0.29) is 11.6 Å². The van der Waals surface area contributed by atoms with Crippen molar-refractivity contribution in [2.75, 3.05) is 0 Å². The van der Waals surface area contributed by atoms with Gasteiger partial charge in [-0.05, 0) is 42.8 Å². The number of nitrogens with two attached hydrogens (primary N) is 1. The second kappa shape index (κ2) is 6.45. The van der Waals surface area contributed by atoms with Crippen LogP contribution in [0.2, 0.25) is 0 Å². The average Bonchev–Trinajstić information content (AvgIpc) is 2.47. The quantitative estimate of drug-likeness (QED) is 0.889. The van der Waals surface area contributed by atoms with Crippen LogP contribution in [0.15, 0.2) is 42.5 Å². The highest BCUT2D eigenvalue weighted by atomic mass is 19.1. The van der Waals surface area contributed by atoms with Crippen LogP contribution in [0.3, 0.4) is 0 Å². The van der Waals surface area contributed by atoms with Crippen molar-refractivity contribution in [1.29, 1.82) is 0 Å². The Hall–Kier alpha value is -2.27. The van der Waals surface area contributed by atoms with Crippen LogP contribution in [0, 0.1) is 11.6 Å². The molecule has 0 heterocycles. The van der Waals surface area contributed by atoms with E-state index in [4.69, 9.17) is 5.73 Å². The van der Waals surface area contributed by atoms with Crippen molar-refractivity contribution >= 4 is 5.91 Å². The first-order valence-electron chi connectivity index (χ1n) is 6.54. The molecule has 0 fully saturated rings. The highest BCUT2D eigenvalue weighted by molar-refractivity contribution is 5.92. The lowest BCUT2D eigenvalue weighted by Gasteiger charge is -2.15. The van der Waals surface area contributed by atoms with Crippen LogP contribution in [0.5, 0.6) is 0 Å². The van der Waals surface area contributed by atoms with Gasteiger partial charge in [-0.2, -0.15) is 0 Å². The minimum absolute atomic E-state index is 0.265. The van der Waals surface area contributed by atoms with Gasteiger partial charge in [-0.1, -0.05) is 12.1 Å². The Morgan fingerprint density at radius 3 is 2.71 bits per heavy atom. The summed E-state index contributed by atoms with van der Waals surface area (Å²) in [6.45, 7) is 2.16. The maximum absolute atomic E-state index is 13.6. The molecule has 0 saturated carbocycles. The Balaban J connectivity index is 2.07. The minimum atomic E-state index is -0.499. The van der Waals surface area contributed by atoms with Gasteiger partial charge in [-0.25, -0.2) is 8.78 Å². The maximum atomic E-state index is 13.6. The van der Waals surface area contributed by atoms with E-state index >= 15 is 0 Å². The van der Waals surface area contributed by atoms with Crippen LogP contribution in [0.4, 0.5) is 8.78 Å². The number of hydrogen-bond donors (Lipinski definition) is 2. The SMILES string of the molecule is CC(NCc1cccc(C(N)=O)c1)c1cc(F)ccc1F. The zero-order valence-corrected chi connectivity index (χ0v) is 11.6. The van der Waals surface area contributed by atoms with Crippen LogP contribution >= 0.6 is 0 Å². The van der Waals surface area contributed by atoms with Gasteiger partial charge in [-0.15, -0.1) is 0 Å². The van der Waals surface area contributed by atoms with Crippen LogP contribution in [-0.4, -0.2) is 5.91 Å². The van der Waals surface area contributed by atoms with E-state index in [1.54, 1.807) is 25.1 Å².